The van der Waals surface area contributed by atoms with Gasteiger partial charge in [-0.3, -0.25) is 4.79 Å². The molecule has 1 amide bonds. The predicted octanol–water partition coefficient (Wildman–Crippen LogP) is 3.57. The van der Waals surface area contributed by atoms with Crippen LogP contribution in [0.25, 0.3) is 0 Å². The molecule has 1 aromatic heterocycles. The van der Waals surface area contributed by atoms with Crippen molar-refractivity contribution in [3.8, 4) is 11.5 Å². The molecule has 1 aliphatic heterocycles. The van der Waals surface area contributed by atoms with Crippen LogP contribution in [0.3, 0.4) is 0 Å². The molecule has 0 saturated heterocycles. The number of aromatic nitrogens is 2. The maximum atomic E-state index is 12.5. The molecular formula is C18H14ClN3O3. The van der Waals surface area contributed by atoms with Crippen LogP contribution in [0.2, 0.25) is 5.02 Å². The van der Waals surface area contributed by atoms with Crippen LogP contribution in [0.15, 0.2) is 54.7 Å². The van der Waals surface area contributed by atoms with Gasteiger partial charge in [-0.25, -0.2) is 4.68 Å². The summed E-state index contributed by atoms with van der Waals surface area (Å²) in [4.78, 5) is 12.5. The van der Waals surface area contributed by atoms with Gasteiger partial charge in [0, 0.05) is 16.7 Å². The minimum Gasteiger partial charge on any atom is -0.454 e. The van der Waals surface area contributed by atoms with Gasteiger partial charge in [-0.2, -0.15) is 5.10 Å². The Balaban J connectivity index is 1.50. The fourth-order valence-corrected chi connectivity index (χ4v) is 2.68. The van der Waals surface area contributed by atoms with Crippen LogP contribution >= 0.6 is 11.6 Å². The Bertz CT molecular complexity index is 922. The minimum absolute atomic E-state index is 0.175. The zero-order valence-electron chi connectivity index (χ0n) is 13.1. The number of nitrogens with one attached hydrogen (secondary N) is 1. The summed E-state index contributed by atoms with van der Waals surface area (Å²) in [6.45, 7) is 0.704. The highest BCUT2D eigenvalue weighted by Crippen LogP contribution is 2.32. The number of ether oxygens (including phenoxy) is 2. The van der Waals surface area contributed by atoms with Gasteiger partial charge in [0.25, 0.3) is 5.91 Å². The third-order valence-electron chi connectivity index (χ3n) is 3.84. The molecule has 2 aromatic carbocycles. The van der Waals surface area contributed by atoms with Crippen LogP contribution in [-0.2, 0) is 6.54 Å². The quantitative estimate of drug-likeness (QED) is 0.777. The lowest BCUT2D eigenvalue weighted by Gasteiger charge is -2.10. The maximum Gasteiger partial charge on any atom is 0.256 e. The molecule has 0 bridgehead atoms. The largest absolute Gasteiger partial charge is 0.454 e. The second kappa shape index (κ2) is 6.49. The van der Waals surface area contributed by atoms with Gasteiger partial charge in [-0.15, -0.1) is 0 Å². The van der Waals surface area contributed by atoms with Crippen molar-refractivity contribution in [1.29, 1.82) is 0 Å². The van der Waals surface area contributed by atoms with Crippen LogP contribution in [0.4, 0.5) is 5.82 Å². The van der Waals surface area contributed by atoms with E-state index in [4.69, 9.17) is 21.1 Å². The number of hydrogen-bond donors (Lipinski definition) is 1. The topological polar surface area (TPSA) is 65.4 Å². The highest BCUT2D eigenvalue weighted by atomic mass is 35.5. The lowest BCUT2D eigenvalue weighted by Crippen LogP contribution is -2.16. The Morgan fingerprint density at radius 3 is 2.76 bits per heavy atom. The zero-order chi connectivity index (χ0) is 17.2. The second-order valence-electron chi connectivity index (χ2n) is 5.52. The van der Waals surface area contributed by atoms with E-state index in [0.717, 1.165) is 5.56 Å². The molecule has 0 atom stereocenters. The summed E-state index contributed by atoms with van der Waals surface area (Å²) >= 11 is 5.90. The van der Waals surface area contributed by atoms with E-state index in [1.807, 2.05) is 24.3 Å². The van der Waals surface area contributed by atoms with E-state index in [0.29, 0.717) is 34.4 Å². The van der Waals surface area contributed by atoms with Crippen molar-refractivity contribution >= 4 is 23.3 Å². The van der Waals surface area contributed by atoms with Crippen LogP contribution < -0.4 is 14.8 Å². The summed E-state index contributed by atoms with van der Waals surface area (Å²) in [6.07, 6.45) is 1.64. The monoisotopic (exact) mass is 355 g/mol. The van der Waals surface area contributed by atoms with E-state index < -0.39 is 0 Å². The molecule has 6 nitrogen and oxygen atoms in total. The smallest absolute Gasteiger partial charge is 0.256 e. The molecule has 25 heavy (non-hydrogen) atoms. The van der Waals surface area contributed by atoms with E-state index in [-0.39, 0.29) is 12.7 Å². The number of anilines is 1. The van der Waals surface area contributed by atoms with Gasteiger partial charge in [-0.1, -0.05) is 23.7 Å². The van der Waals surface area contributed by atoms with E-state index in [1.54, 1.807) is 35.1 Å². The van der Waals surface area contributed by atoms with Crippen molar-refractivity contribution in [2.24, 2.45) is 0 Å². The zero-order valence-corrected chi connectivity index (χ0v) is 13.9. The summed E-state index contributed by atoms with van der Waals surface area (Å²) < 4.78 is 12.3. The van der Waals surface area contributed by atoms with Crippen molar-refractivity contribution in [2.45, 2.75) is 6.54 Å². The molecule has 0 radical (unpaired) electrons. The molecule has 126 valence electrons. The summed E-state index contributed by atoms with van der Waals surface area (Å²) in [5.74, 6) is 1.58. The standard InChI is InChI=1S/C18H14ClN3O3/c19-14-4-1-12(2-5-14)10-22-17(7-8-20-22)21-18(23)13-3-6-15-16(9-13)25-11-24-15/h1-9H,10-11H2,(H,21,23). The molecule has 2 heterocycles. The van der Waals surface area contributed by atoms with Crippen molar-refractivity contribution in [1.82, 2.24) is 9.78 Å². The van der Waals surface area contributed by atoms with Crippen LogP contribution in [0.1, 0.15) is 15.9 Å². The summed E-state index contributed by atoms with van der Waals surface area (Å²) in [5, 5.41) is 7.81. The number of carbonyl (C=O) groups is 1. The summed E-state index contributed by atoms with van der Waals surface area (Å²) in [7, 11) is 0. The number of halogens is 1. The Labute approximate surface area is 148 Å². The lowest BCUT2D eigenvalue weighted by molar-refractivity contribution is 0.102. The Morgan fingerprint density at radius 2 is 1.92 bits per heavy atom. The van der Waals surface area contributed by atoms with Gasteiger partial charge in [-0.05, 0) is 35.9 Å². The van der Waals surface area contributed by atoms with Crippen molar-refractivity contribution in [3.05, 3.63) is 70.9 Å². The van der Waals surface area contributed by atoms with Gasteiger partial charge in [0.05, 0.1) is 12.7 Å². The average Bonchev–Trinajstić information content (AvgIpc) is 3.25. The third-order valence-corrected chi connectivity index (χ3v) is 4.09. The third kappa shape index (κ3) is 3.29. The Hall–Kier alpha value is -2.99. The van der Waals surface area contributed by atoms with Crippen LogP contribution in [0.5, 0.6) is 11.5 Å². The fraction of sp³-hybridized carbons (Fsp3) is 0.111. The first-order chi connectivity index (χ1) is 12.2. The normalized spacial score (nSPS) is 12.2. The number of carbonyl (C=O) groups excluding carboxylic acids is 1. The van der Waals surface area contributed by atoms with E-state index in [9.17, 15) is 4.79 Å². The van der Waals surface area contributed by atoms with Gasteiger partial charge in [0.15, 0.2) is 11.5 Å². The average molecular weight is 356 g/mol. The number of hydrogen-bond acceptors (Lipinski definition) is 4. The van der Waals surface area contributed by atoms with E-state index in [1.165, 1.54) is 0 Å². The first kappa shape index (κ1) is 15.5. The molecule has 0 fully saturated rings. The first-order valence-corrected chi connectivity index (χ1v) is 8.04. The van der Waals surface area contributed by atoms with Crippen molar-refractivity contribution in [3.63, 3.8) is 0 Å². The SMILES string of the molecule is O=C(Nc1ccnn1Cc1ccc(Cl)cc1)c1ccc2c(c1)OCO2. The fourth-order valence-electron chi connectivity index (χ4n) is 2.55. The van der Waals surface area contributed by atoms with Crippen LogP contribution in [-0.4, -0.2) is 22.5 Å². The molecule has 0 saturated carbocycles. The lowest BCUT2D eigenvalue weighted by atomic mass is 10.2. The molecule has 0 spiro atoms. The van der Waals surface area contributed by atoms with Gasteiger partial charge in [0.1, 0.15) is 5.82 Å². The van der Waals surface area contributed by atoms with Crippen molar-refractivity contribution in [2.75, 3.05) is 12.1 Å². The van der Waals surface area contributed by atoms with Crippen molar-refractivity contribution < 1.29 is 14.3 Å². The highest BCUT2D eigenvalue weighted by molar-refractivity contribution is 6.30. The van der Waals surface area contributed by atoms with Crippen LogP contribution in [0, 0.1) is 0 Å². The predicted molar refractivity (Wildman–Crippen MR) is 93.3 cm³/mol. The van der Waals surface area contributed by atoms with E-state index in [2.05, 4.69) is 10.4 Å². The van der Waals surface area contributed by atoms with Gasteiger partial charge >= 0.3 is 0 Å². The number of nitrogens with zero attached hydrogens (tertiary/aromatic N) is 2. The molecule has 1 aliphatic rings. The molecule has 1 N–H and O–H groups in total. The number of amides is 1. The first-order valence-electron chi connectivity index (χ1n) is 7.66. The molecule has 3 aromatic rings. The molecule has 4 rings (SSSR count). The Kier molecular flexibility index (Phi) is 4.03. The van der Waals surface area contributed by atoms with Gasteiger partial charge < -0.3 is 14.8 Å². The maximum absolute atomic E-state index is 12.5. The summed E-state index contributed by atoms with van der Waals surface area (Å²) in [5.41, 5.74) is 1.52. The Morgan fingerprint density at radius 1 is 1.12 bits per heavy atom. The number of fused-ring (bicyclic) bond motifs is 1. The second-order valence-corrected chi connectivity index (χ2v) is 5.96. The molecule has 0 unspecified atom stereocenters. The molecule has 0 aliphatic carbocycles. The minimum atomic E-state index is -0.240. The number of benzene rings is 2. The molecular weight excluding hydrogens is 342 g/mol. The van der Waals surface area contributed by atoms with Gasteiger partial charge in [0.2, 0.25) is 6.79 Å². The number of rotatable bonds is 4. The molecule has 7 heteroatoms. The van der Waals surface area contributed by atoms with E-state index >= 15 is 0 Å². The highest BCUT2D eigenvalue weighted by Gasteiger charge is 2.17. The summed E-state index contributed by atoms with van der Waals surface area (Å²) in [6, 6.07) is 14.3.